The molecule has 0 saturated carbocycles. The highest BCUT2D eigenvalue weighted by Crippen LogP contribution is 2.01. The number of allylic oxidation sites excluding steroid dienone is 2. The van der Waals surface area contributed by atoms with E-state index >= 15 is 0 Å². The van der Waals surface area contributed by atoms with Crippen LogP contribution < -0.4 is 4.72 Å². The molecule has 0 unspecified atom stereocenters. The molecule has 0 heterocycles. The Hall–Kier alpha value is -0.510. The molecule has 0 aliphatic carbocycles. The highest BCUT2D eigenvalue weighted by molar-refractivity contribution is 7.88. The molecular formula is C7H15NO2S. The molecule has 0 spiro atoms. The molecule has 66 valence electrons. The van der Waals surface area contributed by atoms with Crippen LogP contribution >= 0.6 is 0 Å². The van der Waals surface area contributed by atoms with Crippen molar-refractivity contribution >= 4 is 10.0 Å². The van der Waals surface area contributed by atoms with Crippen LogP contribution in [0.15, 0.2) is 11.8 Å². The Morgan fingerprint density at radius 2 is 2.09 bits per heavy atom. The molecule has 0 rings (SSSR count). The van der Waals surface area contributed by atoms with Crippen LogP contribution in [0.2, 0.25) is 0 Å². The van der Waals surface area contributed by atoms with E-state index in [0.717, 1.165) is 24.8 Å². The summed E-state index contributed by atoms with van der Waals surface area (Å²) in [5.41, 5.74) is 0.773. The summed E-state index contributed by atoms with van der Waals surface area (Å²) >= 11 is 0. The average molecular weight is 177 g/mol. The fourth-order valence-electron chi connectivity index (χ4n) is 0.762. The van der Waals surface area contributed by atoms with Gasteiger partial charge in [0.25, 0.3) is 0 Å². The van der Waals surface area contributed by atoms with Gasteiger partial charge in [-0.05, 0) is 13.3 Å². The van der Waals surface area contributed by atoms with Crippen molar-refractivity contribution in [2.45, 2.75) is 26.7 Å². The standard InChI is InChI=1S/C7H15NO2S/c1-4-6-7(5-2)8-11(3,9)10/h5,8H,4,6H2,1-3H3/b7-5+. The van der Waals surface area contributed by atoms with Crippen LogP contribution in [0.3, 0.4) is 0 Å². The zero-order chi connectivity index (χ0) is 8.91. The Morgan fingerprint density at radius 3 is 2.36 bits per heavy atom. The molecule has 3 nitrogen and oxygen atoms in total. The molecule has 0 atom stereocenters. The molecule has 0 aromatic carbocycles. The fourth-order valence-corrected chi connectivity index (χ4v) is 1.46. The van der Waals surface area contributed by atoms with E-state index in [-0.39, 0.29) is 0 Å². The second-order valence-corrected chi connectivity index (χ2v) is 4.19. The molecule has 1 N–H and O–H groups in total. The molecule has 0 saturated heterocycles. The van der Waals surface area contributed by atoms with E-state index in [1.54, 1.807) is 6.08 Å². The summed E-state index contributed by atoms with van der Waals surface area (Å²) in [5, 5.41) is 0. The zero-order valence-corrected chi connectivity index (χ0v) is 8.03. The molecule has 0 fully saturated rings. The highest BCUT2D eigenvalue weighted by atomic mass is 32.2. The first-order valence-electron chi connectivity index (χ1n) is 3.62. The predicted molar refractivity (Wildman–Crippen MR) is 46.6 cm³/mol. The summed E-state index contributed by atoms with van der Waals surface area (Å²) in [6.45, 7) is 3.83. The van der Waals surface area contributed by atoms with Gasteiger partial charge in [-0.1, -0.05) is 19.4 Å². The molecule has 0 aromatic heterocycles. The van der Waals surface area contributed by atoms with Gasteiger partial charge in [-0.15, -0.1) is 0 Å². The summed E-state index contributed by atoms with van der Waals surface area (Å²) < 4.78 is 23.9. The Morgan fingerprint density at radius 1 is 1.55 bits per heavy atom. The SMILES string of the molecule is C/C=C(\CCC)NS(C)(=O)=O. The summed E-state index contributed by atoms with van der Waals surface area (Å²) in [6.07, 6.45) is 4.67. The highest BCUT2D eigenvalue weighted by Gasteiger charge is 2.01. The van der Waals surface area contributed by atoms with Crippen molar-refractivity contribution in [1.29, 1.82) is 0 Å². The second kappa shape index (κ2) is 4.38. The van der Waals surface area contributed by atoms with Gasteiger partial charge < -0.3 is 0 Å². The molecular weight excluding hydrogens is 162 g/mol. The lowest BCUT2D eigenvalue weighted by molar-refractivity contribution is 0.592. The van der Waals surface area contributed by atoms with Crippen LogP contribution in [0.1, 0.15) is 26.7 Å². The van der Waals surface area contributed by atoms with Crippen molar-refractivity contribution in [3.63, 3.8) is 0 Å². The van der Waals surface area contributed by atoms with Crippen molar-refractivity contribution in [1.82, 2.24) is 4.72 Å². The van der Waals surface area contributed by atoms with Gasteiger partial charge in [-0.2, -0.15) is 0 Å². The molecule has 0 aliphatic heterocycles. The molecule has 11 heavy (non-hydrogen) atoms. The third-order valence-corrected chi connectivity index (χ3v) is 1.82. The number of hydrogen-bond acceptors (Lipinski definition) is 2. The van der Waals surface area contributed by atoms with Crippen molar-refractivity contribution in [2.24, 2.45) is 0 Å². The number of rotatable bonds is 4. The lowest BCUT2D eigenvalue weighted by atomic mass is 10.2. The maximum absolute atomic E-state index is 10.7. The number of nitrogens with one attached hydrogen (secondary N) is 1. The number of sulfonamides is 1. The largest absolute Gasteiger partial charge is 0.288 e. The molecule has 0 radical (unpaired) electrons. The quantitative estimate of drug-likeness (QED) is 0.702. The van der Waals surface area contributed by atoms with Gasteiger partial charge in [0.15, 0.2) is 0 Å². The topological polar surface area (TPSA) is 46.2 Å². The molecule has 0 aromatic rings. The van der Waals surface area contributed by atoms with Gasteiger partial charge in [-0.3, -0.25) is 4.72 Å². The van der Waals surface area contributed by atoms with Crippen LogP contribution in [-0.4, -0.2) is 14.7 Å². The van der Waals surface area contributed by atoms with Gasteiger partial charge >= 0.3 is 0 Å². The van der Waals surface area contributed by atoms with E-state index in [4.69, 9.17) is 0 Å². The number of hydrogen-bond donors (Lipinski definition) is 1. The third kappa shape index (κ3) is 5.91. The lowest BCUT2D eigenvalue weighted by Gasteiger charge is -2.06. The van der Waals surface area contributed by atoms with Crippen LogP contribution in [0.5, 0.6) is 0 Å². The van der Waals surface area contributed by atoms with E-state index < -0.39 is 10.0 Å². The van der Waals surface area contributed by atoms with Crippen LogP contribution in [0, 0.1) is 0 Å². The van der Waals surface area contributed by atoms with E-state index in [1.807, 2.05) is 13.8 Å². The lowest BCUT2D eigenvalue weighted by Crippen LogP contribution is -2.20. The van der Waals surface area contributed by atoms with E-state index in [1.165, 1.54) is 0 Å². The fraction of sp³-hybridized carbons (Fsp3) is 0.714. The summed E-state index contributed by atoms with van der Waals surface area (Å²) in [5.74, 6) is 0. The third-order valence-electron chi connectivity index (χ3n) is 1.18. The molecule has 0 amide bonds. The van der Waals surface area contributed by atoms with Gasteiger partial charge in [0.2, 0.25) is 10.0 Å². The van der Waals surface area contributed by atoms with Gasteiger partial charge in [-0.25, -0.2) is 8.42 Å². The Bertz CT molecular complexity index is 229. The Kier molecular flexibility index (Phi) is 4.18. The van der Waals surface area contributed by atoms with Crippen molar-refractivity contribution in [3.05, 3.63) is 11.8 Å². The van der Waals surface area contributed by atoms with Gasteiger partial charge in [0.05, 0.1) is 6.26 Å². The van der Waals surface area contributed by atoms with Crippen LogP contribution in [0.25, 0.3) is 0 Å². The molecule has 4 heteroatoms. The van der Waals surface area contributed by atoms with Gasteiger partial charge in [0, 0.05) is 5.70 Å². The summed E-state index contributed by atoms with van der Waals surface area (Å²) in [4.78, 5) is 0. The average Bonchev–Trinajstić information content (AvgIpc) is 1.84. The van der Waals surface area contributed by atoms with E-state index in [2.05, 4.69) is 4.72 Å². The Balaban J connectivity index is 4.12. The zero-order valence-electron chi connectivity index (χ0n) is 7.22. The minimum Gasteiger partial charge on any atom is -0.288 e. The Labute approximate surface area is 68.5 Å². The van der Waals surface area contributed by atoms with E-state index in [0.29, 0.717) is 0 Å². The maximum atomic E-state index is 10.7. The van der Waals surface area contributed by atoms with Crippen LogP contribution in [0.4, 0.5) is 0 Å². The smallest absolute Gasteiger partial charge is 0.229 e. The van der Waals surface area contributed by atoms with Crippen molar-refractivity contribution < 1.29 is 8.42 Å². The van der Waals surface area contributed by atoms with Gasteiger partial charge in [0.1, 0.15) is 0 Å². The molecule has 0 bridgehead atoms. The first kappa shape index (κ1) is 10.5. The van der Waals surface area contributed by atoms with Crippen molar-refractivity contribution in [2.75, 3.05) is 6.26 Å². The van der Waals surface area contributed by atoms with Crippen molar-refractivity contribution in [3.8, 4) is 0 Å². The monoisotopic (exact) mass is 177 g/mol. The summed E-state index contributed by atoms with van der Waals surface area (Å²) in [6, 6.07) is 0. The summed E-state index contributed by atoms with van der Waals surface area (Å²) in [7, 11) is -3.08. The minimum absolute atomic E-state index is 0.773. The van der Waals surface area contributed by atoms with Crippen LogP contribution in [-0.2, 0) is 10.0 Å². The van der Waals surface area contributed by atoms with E-state index in [9.17, 15) is 8.42 Å². The first-order chi connectivity index (χ1) is 4.99. The minimum atomic E-state index is -3.08. The molecule has 0 aliphatic rings. The first-order valence-corrected chi connectivity index (χ1v) is 5.51. The predicted octanol–water partition coefficient (Wildman–Crippen LogP) is 1.24. The second-order valence-electron chi connectivity index (χ2n) is 2.44. The maximum Gasteiger partial charge on any atom is 0.229 e. The normalized spacial score (nSPS) is 13.2.